The van der Waals surface area contributed by atoms with Gasteiger partial charge in [0.05, 0.1) is 17.7 Å². The van der Waals surface area contributed by atoms with Gasteiger partial charge in [-0.25, -0.2) is 14.2 Å². The number of nitrogens with one attached hydrogen (secondary N) is 1. The molecule has 0 radical (unpaired) electrons. The van der Waals surface area contributed by atoms with Gasteiger partial charge in [0, 0.05) is 43.1 Å². The maximum atomic E-state index is 13.5. The number of aromatic nitrogens is 1. The van der Waals surface area contributed by atoms with Gasteiger partial charge in [0.25, 0.3) is 0 Å². The first-order valence-corrected chi connectivity index (χ1v) is 10.9. The molecule has 6 nitrogen and oxygen atoms in total. The standard InChI is InChI=1S/C24H27ClFN3O3/c1-4-32-23-19-9-6-5-8-18(19)20(15-27-23)16(2)29(12-7-13-31-3)24(30)28-17-10-11-22(26)21(25)14-17/h5-6,8-11,14-16H,4,7,12-13H2,1-3H3,(H,28,30). The topological polar surface area (TPSA) is 63.7 Å². The third kappa shape index (κ3) is 5.47. The summed E-state index contributed by atoms with van der Waals surface area (Å²) < 4.78 is 24.3. The molecule has 2 amide bonds. The molecule has 0 saturated carbocycles. The van der Waals surface area contributed by atoms with Crippen molar-refractivity contribution in [3.63, 3.8) is 0 Å². The van der Waals surface area contributed by atoms with E-state index >= 15 is 0 Å². The lowest BCUT2D eigenvalue weighted by Crippen LogP contribution is -2.38. The smallest absolute Gasteiger partial charge is 0.322 e. The molecule has 3 aromatic rings. The first-order chi connectivity index (χ1) is 15.5. The zero-order chi connectivity index (χ0) is 23.1. The Morgan fingerprint density at radius 3 is 2.69 bits per heavy atom. The van der Waals surface area contributed by atoms with Crippen molar-refractivity contribution in [2.24, 2.45) is 0 Å². The number of urea groups is 1. The molecule has 0 saturated heterocycles. The van der Waals surface area contributed by atoms with Crippen LogP contribution in [0.1, 0.15) is 31.9 Å². The number of fused-ring (bicyclic) bond motifs is 1. The molecule has 170 valence electrons. The maximum absolute atomic E-state index is 13.5. The molecule has 32 heavy (non-hydrogen) atoms. The van der Waals surface area contributed by atoms with Crippen molar-refractivity contribution in [1.29, 1.82) is 0 Å². The predicted octanol–water partition coefficient (Wildman–Crippen LogP) is 6.06. The van der Waals surface area contributed by atoms with Gasteiger partial charge in [0.15, 0.2) is 0 Å². The number of nitrogens with zero attached hydrogens (tertiary/aromatic N) is 2. The van der Waals surface area contributed by atoms with Crippen LogP contribution < -0.4 is 10.1 Å². The highest BCUT2D eigenvalue weighted by Crippen LogP contribution is 2.32. The Bertz CT molecular complexity index is 1080. The largest absolute Gasteiger partial charge is 0.478 e. The zero-order valence-corrected chi connectivity index (χ0v) is 19.2. The van der Waals surface area contributed by atoms with Crippen LogP contribution >= 0.6 is 11.6 Å². The molecule has 2 aromatic carbocycles. The summed E-state index contributed by atoms with van der Waals surface area (Å²) >= 11 is 5.87. The number of amides is 2. The van der Waals surface area contributed by atoms with E-state index < -0.39 is 5.82 Å². The Balaban J connectivity index is 1.93. The van der Waals surface area contributed by atoms with E-state index in [9.17, 15) is 9.18 Å². The van der Waals surface area contributed by atoms with Gasteiger partial charge in [-0.3, -0.25) is 0 Å². The molecule has 0 aliphatic rings. The Hall–Kier alpha value is -2.90. The van der Waals surface area contributed by atoms with Crippen molar-refractivity contribution in [3.8, 4) is 5.88 Å². The Morgan fingerprint density at radius 1 is 1.25 bits per heavy atom. The molecule has 1 atom stereocenters. The summed E-state index contributed by atoms with van der Waals surface area (Å²) in [5.74, 6) is 0.0253. The number of carbonyl (C=O) groups excluding carboxylic acids is 1. The molecular formula is C24H27ClFN3O3. The number of hydrogen-bond acceptors (Lipinski definition) is 4. The summed E-state index contributed by atoms with van der Waals surface area (Å²) in [4.78, 5) is 19.4. The number of anilines is 1. The van der Waals surface area contributed by atoms with Crippen LogP contribution in [-0.2, 0) is 4.74 Å². The van der Waals surface area contributed by atoms with Crippen LogP contribution in [0.4, 0.5) is 14.9 Å². The van der Waals surface area contributed by atoms with Crippen molar-refractivity contribution >= 4 is 34.1 Å². The number of halogens is 2. The number of benzene rings is 2. The molecule has 0 aliphatic carbocycles. The second-order valence-corrected chi connectivity index (χ2v) is 7.68. The van der Waals surface area contributed by atoms with Crippen molar-refractivity contribution in [3.05, 3.63) is 65.1 Å². The lowest BCUT2D eigenvalue weighted by molar-refractivity contribution is 0.161. The minimum atomic E-state index is -0.540. The van der Waals surface area contributed by atoms with Gasteiger partial charge >= 0.3 is 6.03 Å². The first kappa shape index (κ1) is 23.8. The third-order valence-electron chi connectivity index (χ3n) is 5.17. The lowest BCUT2D eigenvalue weighted by atomic mass is 10.0. The second kappa shape index (κ2) is 11.1. The molecule has 0 aliphatic heterocycles. The summed E-state index contributed by atoms with van der Waals surface area (Å²) in [5.41, 5.74) is 1.31. The van der Waals surface area contributed by atoms with Crippen molar-refractivity contribution in [1.82, 2.24) is 9.88 Å². The highest BCUT2D eigenvalue weighted by atomic mass is 35.5. The van der Waals surface area contributed by atoms with E-state index in [1.165, 1.54) is 18.2 Å². The quantitative estimate of drug-likeness (QED) is 0.395. The molecule has 1 N–H and O–H groups in total. The SMILES string of the molecule is CCOc1ncc(C(C)N(CCCOC)C(=O)Nc2ccc(F)c(Cl)c2)c2ccccc12. The van der Waals surface area contributed by atoms with Crippen LogP contribution in [0.3, 0.4) is 0 Å². The van der Waals surface area contributed by atoms with Gasteiger partial charge in [-0.2, -0.15) is 0 Å². The Labute approximate surface area is 192 Å². The van der Waals surface area contributed by atoms with Gasteiger partial charge in [0.2, 0.25) is 5.88 Å². The normalized spacial score (nSPS) is 11.9. The Kier molecular flexibility index (Phi) is 8.25. The molecule has 0 fully saturated rings. The average molecular weight is 460 g/mol. The van der Waals surface area contributed by atoms with E-state index in [0.29, 0.717) is 37.7 Å². The van der Waals surface area contributed by atoms with Gasteiger partial charge in [-0.15, -0.1) is 0 Å². The third-order valence-corrected chi connectivity index (χ3v) is 5.46. The highest BCUT2D eigenvalue weighted by Gasteiger charge is 2.24. The van der Waals surface area contributed by atoms with Gasteiger partial charge in [-0.1, -0.05) is 29.8 Å². The summed E-state index contributed by atoms with van der Waals surface area (Å²) in [6.07, 6.45) is 2.41. The number of carbonyl (C=O) groups is 1. The maximum Gasteiger partial charge on any atom is 0.322 e. The van der Waals surface area contributed by atoms with E-state index in [4.69, 9.17) is 21.1 Å². The number of ether oxygens (including phenoxy) is 2. The van der Waals surface area contributed by atoms with Crippen LogP contribution in [0.25, 0.3) is 10.8 Å². The fourth-order valence-electron chi connectivity index (χ4n) is 3.56. The van der Waals surface area contributed by atoms with Crippen LogP contribution in [-0.4, -0.2) is 42.8 Å². The molecule has 1 heterocycles. The van der Waals surface area contributed by atoms with Crippen molar-refractivity contribution < 1.29 is 18.7 Å². The second-order valence-electron chi connectivity index (χ2n) is 7.27. The summed E-state index contributed by atoms with van der Waals surface area (Å²) in [5, 5.41) is 4.62. The van der Waals surface area contributed by atoms with Crippen LogP contribution in [0.2, 0.25) is 5.02 Å². The highest BCUT2D eigenvalue weighted by molar-refractivity contribution is 6.31. The van der Waals surface area contributed by atoms with Gasteiger partial charge in [0.1, 0.15) is 5.82 Å². The molecule has 3 rings (SSSR count). The molecular weight excluding hydrogens is 433 g/mol. The van der Waals surface area contributed by atoms with Gasteiger partial charge in [-0.05, 0) is 49.9 Å². The lowest BCUT2D eigenvalue weighted by Gasteiger charge is -2.30. The van der Waals surface area contributed by atoms with Crippen molar-refractivity contribution in [2.75, 3.05) is 32.2 Å². The van der Waals surface area contributed by atoms with Crippen LogP contribution in [0, 0.1) is 5.82 Å². The van der Waals surface area contributed by atoms with Crippen LogP contribution in [0.5, 0.6) is 5.88 Å². The molecule has 1 aromatic heterocycles. The number of rotatable bonds is 9. The fourth-order valence-corrected chi connectivity index (χ4v) is 3.74. The number of methoxy groups -OCH3 is 1. The minimum absolute atomic E-state index is 0.0523. The molecule has 8 heteroatoms. The minimum Gasteiger partial charge on any atom is -0.478 e. The predicted molar refractivity (Wildman–Crippen MR) is 125 cm³/mol. The molecule has 1 unspecified atom stereocenters. The Morgan fingerprint density at radius 2 is 2.00 bits per heavy atom. The zero-order valence-electron chi connectivity index (χ0n) is 18.4. The fraction of sp³-hybridized carbons (Fsp3) is 0.333. The van der Waals surface area contributed by atoms with E-state index in [1.54, 1.807) is 18.2 Å². The monoisotopic (exact) mass is 459 g/mol. The number of hydrogen-bond donors (Lipinski definition) is 1. The van der Waals surface area contributed by atoms with Crippen molar-refractivity contribution in [2.45, 2.75) is 26.3 Å². The van der Waals surface area contributed by atoms with Gasteiger partial charge < -0.3 is 19.7 Å². The van der Waals surface area contributed by atoms with E-state index in [1.807, 2.05) is 38.1 Å². The summed E-state index contributed by atoms with van der Waals surface area (Å²) in [7, 11) is 1.62. The average Bonchev–Trinajstić information content (AvgIpc) is 2.79. The summed E-state index contributed by atoms with van der Waals surface area (Å²) in [6, 6.07) is 11.3. The molecule has 0 spiro atoms. The number of pyridine rings is 1. The van der Waals surface area contributed by atoms with E-state index in [0.717, 1.165) is 16.3 Å². The summed E-state index contributed by atoms with van der Waals surface area (Å²) in [6.45, 7) is 5.35. The van der Waals surface area contributed by atoms with Crippen LogP contribution in [0.15, 0.2) is 48.7 Å². The van der Waals surface area contributed by atoms with E-state index in [2.05, 4.69) is 10.3 Å². The first-order valence-electron chi connectivity index (χ1n) is 10.5. The van der Waals surface area contributed by atoms with E-state index in [-0.39, 0.29) is 17.1 Å². The molecule has 0 bridgehead atoms.